The van der Waals surface area contributed by atoms with Crippen LogP contribution in [0.25, 0.3) is 5.69 Å². The second kappa shape index (κ2) is 4.01. The molecule has 0 aliphatic rings. The molecule has 1 aromatic heterocycles. The lowest BCUT2D eigenvalue weighted by Crippen LogP contribution is -2.09. The van der Waals surface area contributed by atoms with E-state index in [1.807, 2.05) is 0 Å². The lowest BCUT2D eigenvalue weighted by molar-refractivity contribution is -0.140. The van der Waals surface area contributed by atoms with Gasteiger partial charge in [0.2, 0.25) is 0 Å². The van der Waals surface area contributed by atoms with Crippen LogP contribution in [-0.4, -0.2) is 9.78 Å². The van der Waals surface area contributed by atoms with Gasteiger partial charge in [-0.2, -0.15) is 18.3 Å². The maximum absolute atomic E-state index is 13.1. The van der Waals surface area contributed by atoms with E-state index in [2.05, 4.69) is 5.10 Å². The number of aromatic nitrogens is 2. The SMILES string of the molecule is Cc1cn(-c2ccc(F)c(C(F)(F)F)c2)nc1N. The van der Waals surface area contributed by atoms with E-state index in [9.17, 15) is 17.6 Å². The molecule has 18 heavy (non-hydrogen) atoms. The number of halogens is 4. The number of hydrogen-bond acceptors (Lipinski definition) is 2. The molecule has 0 unspecified atom stereocenters. The van der Waals surface area contributed by atoms with Crippen LogP contribution in [-0.2, 0) is 6.18 Å². The summed E-state index contributed by atoms with van der Waals surface area (Å²) in [6.45, 7) is 1.67. The summed E-state index contributed by atoms with van der Waals surface area (Å²) in [5.41, 5.74) is 4.91. The Morgan fingerprint density at radius 3 is 2.44 bits per heavy atom. The lowest BCUT2D eigenvalue weighted by Gasteiger charge is -2.09. The highest BCUT2D eigenvalue weighted by atomic mass is 19.4. The molecule has 1 heterocycles. The van der Waals surface area contributed by atoms with Crippen molar-refractivity contribution in [2.24, 2.45) is 0 Å². The minimum absolute atomic E-state index is 0.100. The molecule has 2 rings (SSSR count). The average molecular weight is 259 g/mol. The fourth-order valence-corrected chi connectivity index (χ4v) is 1.48. The molecule has 2 N–H and O–H groups in total. The van der Waals surface area contributed by atoms with E-state index in [0.29, 0.717) is 11.6 Å². The summed E-state index contributed by atoms with van der Waals surface area (Å²) in [7, 11) is 0. The van der Waals surface area contributed by atoms with Gasteiger partial charge in [0.25, 0.3) is 0 Å². The van der Waals surface area contributed by atoms with E-state index in [-0.39, 0.29) is 11.5 Å². The summed E-state index contributed by atoms with van der Waals surface area (Å²) >= 11 is 0. The first-order valence-electron chi connectivity index (χ1n) is 4.98. The van der Waals surface area contributed by atoms with Crippen LogP contribution >= 0.6 is 0 Å². The first-order chi connectivity index (χ1) is 8.29. The third-order valence-electron chi connectivity index (χ3n) is 2.46. The molecule has 0 bridgehead atoms. The quantitative estimate of drug-likeness (QED) is 0.800. The van der Waals surface area contributed by atoms with Crippen molar-refractivity contribution in [3.8, 4) is 5.69 Å². The van der Waals surface area contributed by atoms with Gasteiger partial charge in [-0.05, 0) is 25.1 Å². The van der Waals surface area contributed by atoms with Gasteiger partial charge in [0.05, 0.1) is 11.3 Å². The van der Waals surface area contributed by atoms with Crippen LogP contribution in [0.15, 0.2) is 24.4 Å². The Morgan fingerprint density at radius 1 is 1.28 bits per heavy atom. The summed E-state index contributed by atoms with van der Waals surface area (Å²) in [5.74, 6) is -1.10. The Labute approximate surface area is 99.8 Å². The van der Waals surface area contributed by atoms with Crippen molar-refractivity contribution < 1.29 is 17.6 Å². The molecule has 2 aromatic rings. The second-order valence-corrected chi connectivity index (χ2v) is 3.80. The van der Waals surface area contributed by atoms with Crippen LogP contribution in [0.2, 0.25) is 0 Å². The number of rotatable bonds is 1. The molecule has 0 atom stereocenters. The minimum atomic E-state index is -4.74. The lowest BCUT2D eigenvalue weighted by atomic mass is 10.2. The molecular weight excluding hydrogens is 250 g/mol. The van der Waals surface area contributed by atoms with E-state index in [0.717, 1.165) is 6.07 Å². The number of nitrogens with zero attached hydrogens (tertiary/aromatic N) is 2. The number of alkyl halides is 3. The van der Waals surface area contributed by atoms with Gasteiger partial charge in [0.15, 0.2) is 0 Å². The molecule has 7 heteroatoms. The van der Waals surface area contributed by atoms with Crippen molar-refractivity contribution in [1.29, 1.82) is 0 Å². The van der Waals surface area contributed by atoms with Crippen LogP contribution in [0.5, 0.6) is 0 Å². The number of nitrogens with two attached hydrogens (primary N) is 1. The molecule has 1 aromatic carbocycles. The van der Waals surface area contributed by atoms with Crippen molar-refractivity contribution in [2.45, 2.75) is 13.1 Å². The fraction of sp³-hybridized carbons (Fsp3) is 0.182. The number of anilines is 1. The molecule has 0 saturated heterocycles. The molecule has 0 amide bonds. The van der Waals surface area contributed by atoms with E-state index in [1.165, 1.54) is 16.9 Å². The van der Waals surface area contributed by atoms with E-state index in [1.54, 1.807) is 6.92 Å². The molecule has 0 spiro atoms. The number of benzene rings is 1. The molecule has 0 saturated carbocycles. The molecule has 0 aliphatic heterocycles. The van der Waals surface area contributed by atoms with Gasteiger partial charge >= 0.3 is 6.18 Å². The highest BCUT2D eigenvalue weighted by molar-refractivity contribution is 5.43. The zero-order valence-electron chi connectivity index (χ0n) is 9.29. The standard InChI is InChI=1S/C11H9F4N3/c1-6-5-18(17-10(6)16)7-2-3-9(12)8(4-7)11(13,14)15/h2-5H,1H3,(H2,16,17). The summed E-state index contributed by atoms with van der Waals surface area (Å²) < 4.78 is 51.9. The Morgan fingerprint density at radius 2 is 1.94 bits per heavy atom. The van der Waals surface area contributed by atoms with Crippen LogP contribution in [0.1, 0.15) is 11.1 Å². The maximum Gasteiger partial charge on any atom is 0.419 e. The van der Waals surface area contributed by atoms with E-state index in [4.69, 9.17) is 5.73 Å². The van der Waals surface area contributed by atoms with Crippen LogP contribution < -0.4 is 5.73 Å². The monoisotopic (exact) mass is 259 g/mol. The van der Waals surface area contributed by atoms with Crippen molar-refractivity contribution in [3.05, 3.63) is 41.3 Å². The minimum Gasteiger partial charge on any atom is -0.382 e. The Balaban J connectivity index is 2.54. The molecule has 0 radical (unpaired) electrons. The second-order valence-electron chi connectivity index (χ2n) is 3.80. The van der Waals surface area contributed by atoms with Crippen molar-refractivity contribution in [2.75, 3.05) is 5.73 Å². The van der Waals surface area contributed by atoms with E-state index >= 15 is 0 Å². The Bertz CT molecular complexity index is 567. The van der Waals surface area contributed by atoms with Crippen LogP contribution in [0, 0.1) is 12.7 Å². The smallest absolute Gasteiger partial charge is 0.382 e. The third-order valence-corrected chi connectivity index (χ3v) is 2.46. The predicted molar refractivity (Wildman–Crippen MR) is 57.7 cm³/mol. The molecule has 0 aliphatic carbocycles. The average Bonchev–Trinajstić information content (AvgIpc) is 2.58. The van der Waals surface area contributed by atoms with Crippen molar-refractivity contribution in [3.63, 3.8) is 0 Å². The first-order valence-corrected chi connectivity index (χ1v) is 4.98. The zero-order chi connectivity index (χ0) is 13.5. The normalized spacial score (nSPS) is 11.8. The zero-order valence-corrected chi connectivity index (χ0v) is 9.29. The Hall–Kier alpha value is -2.05. The van der Waals surface area contributed by atoms with Gasteiger partial charge in [-0.25, -0.2) is 9.07 Å². The van der Waals surface area contributed by atoms with Crippen LogP contribution in [0.3, 0.4) is 0 Å². The summed E-state index contributed by atoms with van der Waals surface area (Å²) in [6.07, 6.45) is -3.27. The summed E-state index contributed by atoms with van der Waals surface area (Å²) in [6, 6.07) is 2.66. The van der Waals surface area contributed by atoms with Gasteiger partial charge in [-0.1, -0.05) is 0 Å². The largest absolute Gasteiger partial charge is 0.419 e. The summed E-state index contributed by atoms with van der Waals surface area (Å²) in [5, 5.41) is 3.84. The van der Waals surface area contributed by atoms with Gasteiger partial charge in [-0.15, -0.1) is 0 Å². The third kappa shape index (κ3) is 2.15. The highest BCUT2D eigenvalue weighted by Gasteiger charge is 2.34. The maximum atomic E-state index is 13.1. The number of nitrogen functional groups attached to an aromatic ring is 1. The highest BCUT2D eigenvalue weighted by Crippen LogP contribution is 2.32. The first kappa shape index (κ1) is 12.4. The topological polar surface area (TPSA) is 43.8 Å². The van der Waals surface area contributed by atoms with Crippen LogP contribution in [0.4, 0.5) is 23.4 Å². The predicted octanol–water partition coefficient (Wildman–Crippen LogP) is 2.92. The fourth-order valence-electron chi connectivity index (χ4n) is 1.48. The van der Waals surface area contributed by atoms with Gasteiger partial charge < -0.3 is 5.73 Å². The van der Waals surface area contributed by atoms with Gasteiger partial charge in [0, 0.05) is 11.8 Å². The van der Waals surface area contributed by atoms with Crippen molar-refractivity contribution >= 4 is 5.82 Å². The molecule has 96 valence electrons. The molecule has 0 fully saturated rings. The van der Waals surface area contributed by atoms with Gasteiger partial charge in [-0.3, -0.25) is 0 Å². The molecular formula is C11H9F4N3. The van der Waals surface area contributed by atoms with E-state index < -0.39 is 17.6 Å². The molecule has 3 nitrogen and oxygen atoms in total. The number of hydrogen-bond donors (Lipinski definition) is 1. The Kier molecular flexibility index (Phi) is 2.76. The summed E-state index contributed by atoms with van der Waals surface area (Å²) in [4.78, 5) is 0. The van der Waals surface area contributed by atoms with Crippen molar-refractivity contribution in [1.82, 2.24) is 9.78 Å². The number of aryl methyl sites for hydroxylation is 1. The van der Waals surface area contributed by atoms with Gasteiger partial charge in [0.1, 0.15) is 11.6 Å².